The van der Waals surface area contributed by atoms with Gasteiger partial charge in [-0.3, -0.25) is 0 Å². The molecule has 2 atom stereocenters. The maximum Gasteiger partial charge on any atom is 0.0804 e. The number of nitrogens with one attached hydrogen (secondary N) is 1. The summed E-state index contributed by atoms with van der Waals surface area (Å²) in [4.78, 5) is 0. The molecule has 1 heterocycles. The predicted octanol–water partition coefficient (Wildman–Crippen LogP) is 3.84. The summed E-state index contributed by atoms with van der Waals surface area (Å²) in [5, 5.41) is 14.0. The number of aliphatic hydroxyl groups excluding tert-OH is 1. The fraction of sp³-hybridized carbons (Fsp3) is 0.667. The first-order valence-electron chi connectivity index (χ1n) is 8.15. The molecule has 20 heavy (non-hydrogen) atoms. The number of hydrogen-bond donors (Lipinski definition) is 2. The van der Waals surface area contributed by atoms with E-state index in [1.807, 2.05) is 0 Å². The zero-order chi connectivity index (χ0) is 14.4. The SMILES string of the molecule is CC(C)Cc1ccc(C(O)CC2CCCCCN2)cc1. The molecule has 0 radical (unpaired) electrons. The van der Waals surface area contributed by atoms with E-state index in [9.17, 15) is 5.11 Å². The van der Waals surface area contributed by atoms with Crippen molar-refractivity contribution in [3.63, 3.8) is 0 Å². The molecule has 112 valence electrons. The first-order valence-corrected chi connectivity index (χ1v) is 8.15. The Kier molecular flexibility index (Phi) is 6.06. The number of aliphatic hydroxyl groups is 1. The Bertz CT molecular complexity index is 377. The van der Waals surface area contributed by atoms with Gasteiger partial charge >= 0.3 is 0 Å². The molecule has 0 saturated carbocycles. The van der Waals surface area contributed by atoms with Gasteiger partial charge in [-0.25, -0.2) is 0 Å². The van der Waals surface area contributed by atoms with E-state index >= 15 is 0 Å². The normalized spacial score (nSPS) is 21.7. The quantitative estimate of drug-likeness (QED) is 0.855. The zero-order valence-corrected chi connectivity index (χ0v) is 12.9. The summed E-state index contributed by atoms with van der Waals surface area (Å²) < 4.78 is 0. The molecule has 0 bridgehead atoms. The Morgan fingerprint density at radius 1 is 1.15 bits per heavy atom. The lowest BCUT2D eigenvalue weighted by Gasteiger charge is -2.20. The van der Waals surface area contributed by atoms with Crippen molar-refractivity contribution in [1.82, 2.24) is 5.32 Å². The molecular weight excluding hydrogens is 246 g/mol. The van der Waals surface area contributed by atoms with E-state index in [1.165, 1.54) is 31.2 Å². The molecule has 0 aromatic heterocycles. The van der Waals surface area contributed by atoms with Gasteiger partial charge in [-0.15, -0.1) is 0 Å². The number of hydrogen-bond acceptors (Lipinski definition) is 2. The molecule has 0 spiro atoms. The second-order valence-corrected chi connectivity index (χ2v) is 6.59. The van der Waals surface area contributed by atoms with Crippen LogP contribution in [0.2, 0.25) is 0 Å². The van der Waals surface area contributed by atoms with Gasteiger partial charge in [-0.2, -0.15) is 0 Å². The Hall–Kier alpha value is -0.860. The van der Waals surface area contributed by atoms with Gasteiger partial charge in [-0.1, -0.05) is 51.0 Å². The lowest BCUT2D eigenvalue weighted by Crippen LogP contribution is -2.29. The van der Waals surface area contributed by atoms with E-state index < -0.39 is 0 Å². The minimum Gasteiger partial charge on any atom is -0.388 e. The van der Waals surface area contributed by atoms with Gasteiger partial charge in [-0.05, 0) is 49.3 Å². The third-order valence-corrected chi connectivity index (χ3v) is 4.18. The molecule has 1 aromatic rings. The minimum absolute atomic E-state index is 0.335. The highest BCUT2D eigenvalue weighted by atomic mass is 16.3. The Labute approximate surface area is 123 Å². The van der Waals surface area contributed by atoms with Crippen LogP contribution in [0.25, 0.3) is 0 Å². The number of benzene rings is 1. The molecule has 1 aliphatic heterocycles. The van der Waals surface area contributed by atoms with Crippen LogP contribution < -0.4 is 5.32 Å². The summed E-state index contributed by atoms with van der Waals surface area (Å²) in [6.45, 7) is 5.58. The average molecular weight is 275 g/mol. The molecule has 2 unspecified atom stereocenters. The van der Waals surface area contributed by atoms with Crippen molar-refractivity contribution in [2.75, 3.05) is 6.54 Å². The van der Waals surface area contributed by atoms with Gasteiger partial charge in [0, 0.05) is 6.04 Å². The molecule has 2 nitrogen and oxygen atoms in total. The van der Waals surface area contributed by atoms with Crippen LogP contribution >= 0.6 is 0 Å². The van der Waals surface area contributed by atoms with Gasteiger partial charge in [0.1, 0.15) is 0 Å². The first kappa shape index (κ1) is 15.5. The monoisotopic (exact) mass is 275 g/mol. The molecule has 0 aliphatic carbocycles. The molecule has 1 saturated heterocycles. The smallest absolute Gasteiger partial charge is 0.0804 e. The van der Waals surface area contributed by atoms with Crippen LogP contribution in [-0.2, 0) is 6.42 Å². The van der Waals surface area contributed by atoms with Gasteiger partial charge < -0.3 is 10.4 Å². The minimum atomic E-state index is -0.335. The van der Waals surface area contributed by atoms with Crippen molar-refractivity contribution in [3.8, 4) is 0 Å². The van der Waals surface area contributed by atoms with Gasteiger partial charge in [0.15, 0.2) is 0 Å². The zero-order valence-electron chi connectivity index (χ0n) is 12.9. The summed E-state index contributed by atoms with van der Waals surface area (Å²) in [6.07, 6.45) is 6.70. The molecule has 1 aliphatic rings. The van der Waals surface area contributed by atoms with E-state index in [1.54, 1.807) is 0 Å². The highest BCUT2D eigenvalue weighted by Gasteiger charge is 2.17. The van der Waals surface area contributed by atoms with Crippen molar-refractivity contribution in [2.45, 2.75) is 64.5 Å². The van der Waals surface area contributed by atoms with E-state index in [0.29, 0.717) is 12.0 Å². The molecule has 0 amide bonds. The molecule has 1 aromatic carbocycles. The number of rotatable bonds is 5. The summed E-state index contributed by atoms with van der Waals surface area (Å²) in [5.74, 6) is 0.681. The molecular formula is C18H29NO. The van der Waals surface area contributed by atoms with Crippen molar-refractivity contribution >= 4 is 0 Å². The van der Waals surface area contributed by atoms with Crippen molar-refractivity contribution in [2.24, 2.45) is 5.92 Å². The van der Waals surface area contributed by atoms with E-state index in [0.717, 1.165) is 24.9 Å². The third kappa shape index (κ3) is 4.92. The topological polar surface area (TPSA) is 32.3 Å². The van der Waals surface area contributed by atoms with Crippen LogP contribution in [0.5, 0.6) is 0 Å². The second-order valence-electron chi connectivity index (χ2n) is 6.59. The van der Waals surface area contributed by atoms with Crippen LogP contribution in [0.4, 0.5) is 0 Å². The summed E-state index contributed by atoms with van der Waals surface area (Å²) >= 11 is 0. The highest BCUT2D eigenvalue weighted by molar-refractivity contribution is 5.24. The van der Waals surface area contributed by atoms with Crippen LogP contribution in [0.3, 0.4) is 0 Å². The van der Waals surface area contributed by atoms with Gasteiger partial charge in [0.2, 0.25) is 0 Å². The lowest BCUT2D eigenvalue weighted by molar-refractivity contribution is 0.150. The second kappa shape index (κ2) is 7.80. The maximum atomic E-state index is 10.4. The molecule has 2 N–H and O–H groups in total. The van der Waals surface area contributed by atoms with Gasteiger partial charge in [0.05, 0.1) is 6.10 Å². The van der Waals surface area contributed by atoms with E-state index in [-0.39, 0.29) is 6.10 Å². The van der Waals surface area contributed by atoms with Crippen LogP contribution in [0.15, 0.2) is 24.3 Å². The lowest BCUT2D eigenvalue weighted by atomic mass is 9.96. The Morgan fingerprint density at radius 3 is 2.60 bits per heavy atom. The summed E-state index contributed by atoms with van der Waals surface area (Å²) in [5.41, 5.74) is 2.42. The predicted molar refractivity (Wildman–Crippen MR) is 84.8 cm³/mol. The average Bonchev–Trinajstić information content (AvgIpc) is 2.67. The highest BCUT2D eigenvalue weighted by Crippen LogP contribution is 2.23. The fourth-order valence-electron chi connectivity index (χ4n) is 3.05. The van der Waals surface area contributed by atoms with Crippen LogP contribution in [-0.4, -0.2) is 17.7 Å². The molecule has 2 heteroatoms. The Balaban J connectivity index is 1.89. The van der Waals surface area contributed by atoms with Gasteiger partial charge in [0.25, 0.3) is 0 Å². The first-order chi connectivity index (χ1) is 9.65. The van der Waals surface area contributed by atoms with Crippen LogP contribution in [0, 0.1) is 5.92 Å². The largest absolute Gasteiger partial charge is 0.388 e. The van der Waals surface area contributed by atoms with Crippen molar-refractivity contribution in [3.05, 3.63) is 35.4 Å². The summed E-state index contributed by atoms with van der Waals surface area (Å²) in [7, 11) is 0. The van der Waals surface area contributed by atoms with Crippen LogP contribution in [0.1, 0.15) is 63.2 Å². The van der Waals surface area contributed by atoms with E-state index in [2.05, 4.69) is 43.4 Å². The van der Waals surface area contributed by atoms with Crippen molar-refractivity contribution in [1.29, 1.82) is 0 Å². The maximum absolute atomic E-state index is 10.4. The fourth-order valence-corrected chi connectivity index (χ4v) is 3.05. The summed E-state index contributed by atoms with van der Waals surface area (Å²) in [6, 6.07) is 9.00. The molecule has 2 rings (SSSR count). The van der Waals surface area contributed by atoms with Crippen molar-refractivity contribution < 1.29 is 5.11 Å². The Morgan fingerprint density at radius 2 is 1.90 bits per heavy atom. The molecule has 1 fully saturated rings. The third-order valence-electron chi connectivity index (χ3n) is 4.18. The standard InChI is InChI=1S/C18H29NO/c1-14(2)12-15-7-9-16(10-8-15)18(20)13-17-6-4-3-5-11-19-17/h7-10,14,17-20H,3-6,11-13H2,1-2H3. The van der Waals surface area contributed by atoms with E-state index in [4.69, 9.17) is 0 Å².